The fraction of sp³-hybridized carbons (Fsp3) is 0.143. The molecular formula is C14H13NO3. The largest absolute Gasteiger partial charge is 0.430 e. The summed E-state index contributed by atoms with van der Waals surface area (Å²) in [6, 6.07) is 10.6. The third-order valence-corrected chi connectivity index (χ3v) is 2.54. The third kappa shape index (κ3) is 3.07. The summed E-state index contributed by atoms with van der Waals surface area (Å²) in [5.41, 5.74) is 2.06. The van der Waals surface area contributed by atoms with E-state index < -0.39 is 5.63 Å². The normalized spacial score (nSPS) is 10.1. The van der Waals surface area contributed by atoms with E-state index in [4.69, 9.17) is 0 Å². The van der Waals surface area contributed by atoms with Crippen LogP contribution in [0.3, 0.4) is 0 Å². The molecule has 2 aromatic rings. The van der Waals surface area contributed by atoms with Crippen LogP contribution in [-0.4, -0.2) is 5.91 Å². The second-order valence-electron chi connectivity index (χ2n) is 4.01. The summed E-state index contributed by atoms with van der Waals surface area (Å²) in [6.45, 7) is 2.45. The van der Waals surface area contributed by atoms with Gasteiger partial charge in [-0.3, -0.25) is 4.79 Å². The van der Waals surface area contributed by atoms with Gasteiger partial charge in [-0.1, -0.05) is 29.8 Å². The van der Waals surface area contributed by atoms with Crippen LogP contribution in [0, 0.1) is 6.92 Å². The van der Waals surface area contributed by atoms with E-state index >= 15 is 0 Å². The van der Waals surface area contributed by atoms with Crippen LogP contribution < -0.4 is 10.9 Å². The van der Waals surface area contributed by atoms with Crippen LogP contribution in [0.15, 0.2) is 51.9 Å². The Balaban J connectivity index is 1.98. The van der Waals surface area contributed by atoms with E-state index in [0.29, 0.717) is 12.1 Å². The number of nitrogens with one attached hydrogen (secondary N) is 1. The van der Waals surface area contributed by atoms with Crippen molar-refractivity contribution in [1.82, 2.24) is 5.32 Å². The zero-order valence-corrected chi connectivity index (χ0v) is 9.97. The fourth-order valence-electron chi connectivity index (χ4n) is 1.48. The Morgan fingerprint density at radius 1 is 1.17 bits per heavy atom. The average molecular weight is 243 g/mol. The van der Waals surface area contributed by atoms with Gasteiger partial charge in [0.15, 0.2) is 0 Å². The highest BCUT2D eigenvalue weighted by Gasteiger charge is 2.05. The lowest BCUT2D eigenvalue weighted by molar-refractivity contribution is 0.0948. The van der Waals surface area contributed by atoms with E-state index in [0.717, 1.165) is 11.8 Å². The molecule has 1 aromatic carbocycles. The van der Waals surface area contributed by atoms with Crippen molar-refractivity contribution in [3.05, 3.63) is 69.8 Å². The molecule has 0 fully saturated rings. The Kier molecular flexibility index (Phi) is 3.57. The van der Waals surface area contributed by atoms with Gasteiger partial charge in [0, 0.05) is 12.6 Å². The van der Waals surface area contributed by atoms with Crippen LogP contribution in [0.5, 0.6) is 0 Å². The van der Waals surface area contributed by atoms with Crippen LogP contribution in [0.4, 0.5) is 0 Å². The topological polar surface area (TPSA) is 59.3 Å². The van der Waals surface area contributed by atoms with Crippen molar-refractivity contribution in [2.45, 2.75) is 13.5 Å². The van der Waals surface area contributed by atoms with E-state index in [1.54, 1.807) is 0 Å². The number of carbonyl (C=O) groups excluding carboxylic acids is 1. The van der Waals surface area contributed by atoms with Gasteiger partial charge in [0.1, 0.15) is 6.26 Å². The number of rotatable bonds is 3. The molecule has 0 unspecified atom stereocenters. The molecule has 0 aliphatic carbocycles. The van der Waals surface area contributed by atoms with Crippen LogP contribution in [0.1, 0.15) is 21.5 Å². The highest BCUT2D eigenvalue weighted by Crippen LogP contribution is 2.03. The molecule has 4 heteroatoms. The first-order valence-corrected chi connectivity index (χ1v) is 5.58. The Bertz CT molecular complexity index is 579. The van der Waals surface area contributed by atoms with Gasteiger partial charge in [0.2, 0.25) is 0 Å². The zero-order chi connectivity index (χ0) is 13.0. The molecule has 1 aromatic heterocycles. The molecule has 0 atom stereocenters. The third-order valence-electron chi connectivity index (χ3n) is 2.54. The molecule has 0 spiro atoms. The molecule has 0 bridgehead atoms. The Labute approximate surface area is 104 Å². The first-order chi connectivity index (χ1) is 8.65. The average Bonchev–Trinajstić information content (AvgIpc) is 2.38. The first-order valence-electron chi connectivity index (χ1n) is 5.58. The van der Waals surface area contributed by atoms with Crippen molar-refractivity contribution in [3.8, 4) is 0 Å². The van der Waals surface area contributed by atoms with Gasteiger partial charge in [-0.25, -0.2) is 4.79 Å². The second kappa shape index (κ2) is 5.31. The number of carbonyl (C=O) groups is 1. The number of hydrogen-bond acceptors (Lipinski definition) is 3. The maximum atomic E-state index is 11.7. The number of hydrogen-bond donors (Lipinski definition) is 1. The lowest BCUT2D eigenvalue weighted by Gasteiger charge is -2.05. The van der Waals surface area contributed by atoms with Crippen molar-refractivity contribution in [2.75, 3.05) is 0 Å². The molecule has 18 heavy (non-hydrogen) atoms. The van der Waals surface area contributed by atoms with E-state index in [9.17, 15) is 9.59 Å². The van der Waals surface area contributed by atoms with Crippen molar-refractivity contribution in [2.24, 2.45) is 0 Å². The van der Waals surface area contributed by atoms with Gasteiger partial charge < -0.3 is 9.73 Å². The summed E-state index contributed by atoms with van der Waals surface area (Å²) < 4.78 is 4.63. The summed E-state index contributed by atoms with van der Waals surface area (Å²) in [4.78, 5) is 22.5. The lowest BCUT2D eigenvalue weighted by atomic mass is 10.1. The monoisotopic (exact) mass is 243 g/mol. The van der Waals surface area contributed by atoms with E-state index in [2.05, 4.69) is 9.73 Å². The van der Waals surface area contributed by atoms with Crippen LogP contribution >= 0.6 is 0 Å². The first kappa shape index (κ1) is 12.1. The van der Waals surface area contributed by atoms with Crippen molar-refractivity contribution in [3.63, 3.8) is 0 Å². The summed E-state index contributed by atoms with van der Waals surface area (Å²) in [5.74, 6) is -0.265. The predicted octanol–water partition coefficient (Wildman–Crippen LogP) is 1.88. The summed E-state index contributed by atoms with van der Waals surface area (Å²) in [6.07, 6.45) is 1.16. The summed E-state index contributed by atoms with van der Waals surface area (Å²) in [7, 11) is 0. The molecule has 0 saturated carbocycles. The maximum absolute atomic E-state index is 11.7. The van der Waals surface area contributed by atoms with Crippen molar-refractivity contribution >= 4 is 5.91 Å². The van der Waals surface area contributed by atoms with Crippen LogP contribution in [0.2, 0.25) is 0 Å². The van der Waals surface area contributed by atoms with Gasteiger partial charge >= 0.3 is 5.63 Å². The van der Waals surface area contributed by atoms with Crippen LogP contribution in [0.25, 0.3) is 0 Å². The van der Waals surface area contributed by atoms with Gasteiger partial charge in [-0.05, 0) is 18.6 Å². The minimum Gasteiger partial charge on any atom is -0.430 e. The van der Waals surface area contributed by atoms with E-state index in [1.165, 1.54) is 17.7 Å². The molecule has 0 saturated heterocycles. The Hall–Kier alpha value is -2.36. The molecule has 0 aliphatic rings. The lowest BCUT2D eigenvalue weighted by Crippen LogP contribution is -2.23. The Morgan fingerprint density at radius 3 is 2.50 bits per heavy atom. The van der Waals surface area contributed by atoms with E-state index in [1.807, 2.05) is 31.2 Å². The van der Waals surface area contributed by atoms with Gasteiger partial charge in [0.25, 0.3) is 5.91 Å². The molecule has 2 rings (SSSR count). The van der Waals surface area contributed by atoms with Crippen molar-refractivity contribution < 1.29 is 9.21 Å². The molecule has 92 valence electrons. The number of aryl methyl sites for hydroxylation is 1. The molecule has 4 nitrogen and oxygen atoms in total. The van der Waals surface area contributed by atoms with E-state index in [-0.39, 0.29) is 5.91 Å². The molecule has 1 amide bonds. The smallest absolute Gasteiger partial charge is 0.335 e. The SMILES string of the molecule is Cc1ccc(CNC(=O)c2ccc(=O)oc2)cc1. The molecule has 1 heterocycles. The minimum absolute atomic E-state index is 0.265. The zero-order valence-electron chi connectivity index (χ0n) is 9.97. The Morgan fingerprint density at radius 2 is 1.89 bits per heavy atom. The number of amides is 1. The fourth-order valence-corrected chi connectivity index (χ4v) is 1.48. The predicted molar refractivity (Wildman–Crippen MR) is 67.3 cm³/mol. The van der Waals surface area contributed by atoms with Gasteiger partial charge in [0.05, 0.1) is 5.56 Å². The maximum Gasteiger partial charge on any atom is 0.335 e. The standard InChI is InChI=1S/C14H13NO3/c1-10-2-4-11(5-3-10)8-15-14(17)12-6-7-13(16)18-9-12/h2-7,9H,8H2,1H3,(H,15,17). The summed E-state index contributed by atoms with van der Waals surface area (Å²) in [5, 5.41) is 2.75. The molecule has 0 aliphatic heterocycles. The molecular weight excluding hydrogens is 230 g/mol. The number of benzene rings is 1. The highest BCUT2D eigenvalue weighted by molar-refractivity contribution is 5.93. The van der Waals surface area contributed by atoms with Crippen molar-refractivity contribution in [1.29, 1.82) is 0 Å². The highest BCUT2D eigenvalue weighted by atomic mass is 16.4. The molecule has 1 N–H and O–H groups in total. The summed E-state index contributed by atoms with van der Waals surface area (Å²) >= 11 is 0. The van der Waals surface area contributed by atoms with Gasteiger partial charge in [-0.2, -0.15) is 0 Å². The quantitative estimate of drug-likeness (QED) is 0.895. The molecule has 0 radical (unpaired) electrons. The van der Waals surface area contributed by atoms with Gasteiger partial charge in [-0.15, -0.1) is 0 Å². The minimum atomic E-state index is -0.468. The second-order valence-corrected chi connectivity index (χ2v) is 4.01. The van der Waals surface area contributed by atoms with Crippen LogP contribution in [-0.2, 0) is 6.54 Å².